The highest BCUT2D eigenvalue weighted by atomic mass is 35.5. The van der Waals surface area contributed by atoms with Gasteiger partial charge in [0.15, 0.2) is 0 Å². The Bertz CT molecular complexity index is 411. The van der Waals surface area contributed by atoms with Crippen LogP contribution in [0.2, 0.25) is 5.02 Å². The van der Waals surface area contributed by atoms with E-state index in [0.717, 1.165) is 0 Å². The monoisotopic (exact) mass is 223 g/mol. The first kappa shape index (κ1) is 11.4. The van der Waals surface area contributed by atoms with Crippen molar-refractivity contribution in [2.45, 2.75) is 6.42 Å². The van der Waals surface area contributed by atoms with Crippen molar-refractivity contribution < 1.29 is 5.11 Å². The summed E-state index contributed by atoms with van der Waals surface area (Å²) < 4.78 is 0. The highest BCUT2D eigenvalue weighted by Gasteiger charge is 1.96. The molecule has 0 amide bonds. The fourth-order valence-electron chi connectivity index (χ4n) is 1.05. The lowest BCUT2D eigenvalue weighted by molar-refractivity contribution is 0.474. The molecule has 5 heteroatoms. The van der Waals surface area contributed by atoms with Gasteiger partial charge in [0.25, 0.3) is 0 Å². The van der Waals surface area contributed by atoms with Crippen LogP contribution in [-0.4, -0.2) is 11.7 Å². The molecule has 0 radical (unpaired) electrons. The first-order valence-electron chi connectivity index (χ1n) is 4.40. The summed E-state index contributed by atoms with van der Waals surface area (Å²) in [6, 6.07) is 4.82. The quantitative estimate of drug-likeness (QED) is 0.359. The fraction of sp³-hybridized carbons (Fsp3) is 0.200. The molecule has 15 heavy (non-hydrogen) atoms. The molecule has 0 saturated heterocycles. The Morgan fingerprint density at radius 2 is 2.33 bits per heavy atom. The molecule has 0 atom stereocenters. The summed E-state index contributed by atoms with van der Waals surface area (Å²) in [5.41, 5.74) is 8.70. The lowest BCUT2D eigenvalue weighted by Gasteiger charge is -1.98. The highest BCUT2D eigenvalue weighted by molar-refractivity contribution is 6.30. The van der Waals surface area contributed by atoms with Gasteiger partial charge < -0.3 is 5.11 Å². The van der Waals surface area contributed by atoms with E-state index in [0.29, 0.717) is 23.6 Å². The van der Waals surface area contributed by atoms with Gasteiger partial charge in [0.2, 0.25) is 0 Å². The zero-order valence-electron chi connectivity index (χ0n) is 7.97. The van der Waals surface area contributed by atoms with Crippen LogP contribution in [0.15, 0.2) is 29.4 Å². The molecule has 0 aliphatic carbocycles. The van der Waals surface area contributed by atoms with E-state index in [9.17, 15) is 5.11 Å². The van der Waals surface area contributed by atoms with Gasteiger partial charge >= 0.3 is 0 Å². The van der Waals surface area contributed by atoms with Crippen LogP contribution in [0.25, 0.3) is 16.5 Å². The van der Waals surface area contributed by atoms with Crippen LogP contribution < -0.4 is 0 Å². The first-order chi connectivity index (χ1) is 7.24. The zero-order valence-corrected chi connectivity index (χ0v) is 8.72. The van der Waals surface area contributed by atoms with Crippen molar-refractivity contribution in [1.29, 1.82) is 0 Å². The van der Waals surface area contributed by atoms with Crippen molar-refractivity contribution in [2.75, 3.05) is 6.54 Å². The summed E-state index contributed by atoms with van der Waals surface area (Å²) in [5.74, 6) is 0.180. The number of halogens is 1. The third kappa shape index (κ3) is 3.94. The number of aromatic hydroxyl groups is 1. The second-order valence-electron chi connectivity index (χ2n) is 2.85. The van der Waals surface area contributed by atoms with Crippen LogP contribution >= 0.6 is 11.6 Å². The number of phenolic OH excluding ortho intramolecular Hbond substituents is 1. The summed E-state index contributed by atoms with van der Waals surface area (Å²) in [6.07, 6.45) is 4.20. The molecule has 1 aromatic rings. The number of benzene rings is 1. The van der Waals surface area contributed by atoms with E-state index in [1.807, 2.05) is 6.08 Å². The van der Waals surface area contributed by atoms with Crippen LogP contribution in [0, 0.1) is 0 Å². The Hall–Kier alpha value is -1.64. The van der Waals surface area contributed by atoms with Crippen molar-refractivity contribution in [2.24, 2.45) is 5.11 Å². The van der Waals surface area contributed by atoms with Gasteiger partial charge in [-0.15, -0.1) is 0 Å². The van der Waals surface area contributed by atoms with Crippen molar-refractivity contribution in [3.05, 3.63) is 45.3 Å². The van der Waals surface area contributed by atoms with Crippen LogP contribution in [0.3, 0.4) is 0 Å². The lowest BCUT2D eigenvalue weighted by atomic mass is 10.2. The Morgan fingerprint density at radius 1 is 1.53 bits per heavy atom. The molecule has 0 aromatic heterocycles. The van der Waals surface area contributed by atoms with Gasteiger partial charge in [-0.05, 0) is 30.2 Å². The number of hydrogen-bond acceptors (Lipinski definition) is 2. The van der Waals surface area contributed by atoms with Crippen LogP contribution in [-0.2, 0) is 0 Å². The lowest BCUT2D eigenvalue weighted by Crippen LogP contribution is -1.76. The molecule has 0 heterocycles. The molecule has 0 saturated carbocycles. The topological polar surface area (TPSA) is 69.0 Å². The highest BCUT2D eigenvalue weighted by Crippen LogP contribution is 2.22. The Morgan fingerprint density at radius 3 is 3.07 bits per heavy atom. The van der Waals surface area contributed by atoms with Crippen molar-refractivity contribution in [3.8, 4) is 5.75 Å². The zero-order chi connectivity index (χ0) is 11.1. The predicted octanol–water partition coefficient (Wildman–Crippen LogP) is 3.76. The number of phenols is 1. The molecule has 0 aliphatic heterocycles. The maximum absolute atomic E-state index is 9.45. The maximum atomic E-state index is 9.45. The molecule has 0 aliphatic rings. The number of nitrogens with zero attached hydrogens (tertiary/aromatic N) is 3. The standard InChI is InChI=1S/C10H10ClN3O/c11-9-4-5-10(15)8(7-9)3-1-2-6-13-14-12/h1,3-5,7,15H,2,6H2. The van der Waals surface area contributed by atoms with Gasteiger partial charge in [0.1, 0.15) is 5.75 Å². The largest absolute Gasteiger partial charge is 0.507 e. The van der Waals surface area contributed by atoms with E-state index in [1.165, 1.54) is 6.07 Å². The molecule has 4 nitrogen and oxygen atoms in total. The van der Waals surface area contributed by atoms with Crippen molar-refractivity contribution >= 4 is 17.7 Å². The minimum absolute atomic E-state index is 0.180. The average Bonchev–Trinajstić information content (AvgIpc) is 2.23. The molecule has 0 fully saturated rings. The van der Waals surface area contributed by atoms with Gasteiger partial charge in [0, 0.05) is 22.0 Å². The summed E-state index contributed by atoms with van der Waals surface area (Å²) in [6.45, 7) is 0.411. The van der Waals surface area contributed by atoms with Crippen LogP contribution in [0.4, 0.5) is 0 Å². The number of azide groups is 1. The molecule has 78 valence electrons. The second kappa shape index (κ2) is 5.96. The normalized spacial score (nSPS) is 10.2. The molecule has 0 bridgehead atoms. The second-order valence-corrected chi connectivity index (χ2v) is 3.29. The van der Waals surface area contributed by atoms with E-state index < -0.39 is 0 Å². The summed E-state index contributed by atoms with van der Waals surface area (Å²) in [4.78, 5) is 2.63. The van der Waals surface area contributed by atoms with Gasteiger partial charge in [-0.1, -0.05) is 28.9 Å². The van der Waals surface area contributed by atoms with Crippen molar-refractivity contribution in [3.63, 3.8) is 0 Å². The molecule has 1 aromatic carbocycles. The third-order valence-corrected chi connectivity index (χ3v) is 1.98. The molecular formula is C10H10ClN3O. The summed E-state index contributed by atoms with van der Waals surface area (Å²) >= 11 is 5.77. The number of hydrogen-bond donors (Lipinski definition) is 1. The smallest absolute Gasteiger partial charge is 0.122 e. The van der Waals surface area contributed by atoms with Crippen molar-refractivity contribution in [1.82, 2.24) is 0 Å². The van der Waals surface area contributed by atoms with E-state index in [-0.39, 0.29) is 5.75 Å². The Balaban J connectivity index is 2.63. The fourth-order valence-corrected chi connectivity index (χ4v) is 1.23. The third-order valence-electron chi connectivity index (χ3n) is 1.75. The molecular weight excluding hydrogens is 214 g/mol. The van der Waals surface area contributed by atoms with Gasteiger partial charge in [-0.2, -0.15) is 0 Å². The molecule has 1 rings (SSSR count). The van der Waals surface area contributed by atoms with E-state index >= 15 is 0 Å². The minimum Gasteiger partial charge on any atom is -0.507 e. The average molecular weight is 224 g/mol. The maximum Gasteiger partial charge on any atom is 0.122 e. The Kier molecular flexibility index (Phi) is 4.54. The van der Waals surface area contributed by atoms with E-state index in [1.54, 1.807) is 18.2 Å². The van der Waals surface area contributed by atoms with Crippen LogP contribution in [0.1, 0.15) is 12.0 Å². The van der Waals surface area contributed by atoms with Gasteiger partial charge in [-0.3, -0.25) is 0 Å². The predicted molar refractivity (Wildman–Crippen MR) is 60.8 cm³/mol. The van der Waals surface area contributed by atoms with Crippen LogP contribution in [0.5, 0.6) is 5.75 Å². The number of rotatable bonds is 4. The molecule has 1 N–H and O–H groups in total. The molecule has 0 spiro atoms. The van der Waals surface area contributed by atoms with Gasteiger partial charge in [-0.25, -0.2) is 0 Å². The summed E-state index contributed by atoms with van der Waals surface area (Å²) in [7, 11) is 0. The SMILES string of the molecule is [N-]=[N+]=NCCC=Cc1cc(Cl)ccc1O. The Labute approximate surface area is 92.4 Å². The van der Waals surface area contributed by atoms with Gasteiger partial charge in [0.05, 0.1) is 0 Å². The van der Waals surface area contributed by atoms with E-state index in [4.69, 9.17) is 17.1 Å². The first-order valence-corrected chi connectivity index (χ1v) is 4.78. The summed E-state index contributed by atoms with van der Waals surface area (Å²) in [5, 5.41) is 13.4. The minimum atomic E-state index is 0.180. The molecule has 0 unspecified atom stereocenters. The van der Waals surface area contributed by atoms with E-state index in [2.05, 4.69) is 10.0 Å².